The van der Waals surface area contributed by atoms with Gasteiger partial charge >= 0.3 is 0 Å². The number of hydrogen-bond donors (Lipinski definition) is 0. The van der Waals surface area contributed by atoms with Crippen molar-refractivity contribution >= 4 is 0 Å². The molecule has 0 aromatic carbocycles. The van der Waals surface area contributed by atoms with Gasteiger partial charge < -0.3 is 4.57 Å². The summed E-state index contributed by atoms with van der Waals surface area (Å²) in [6, 6.07) is 6.57. The third-order valence-corrected chi connectivity index (χ3v) is 2.25. The lowest BCUT2D eigenvalue weighted by Crippen LogP contribution is -1.93. The van der Waals surface area contributed by atoms with Crippen LogP contribution in [0.4, 0.5) is 0 Å². The van der Waals surface area contributed by atoms with E-state index in [9.17, 15) is 0 Å². The van der Waals surface area contributed by atoms with Gasteiger partial charge in [0.1, 0.15) is 0 Å². The minimum Gasteiger partial charge on any atom is -0.333 e. The number of nitrogens with zero attached hydrogens (tertiary/aromatic N) is 2. The average Bonchev–Trinajstić information content (AvgIpc) is 2.54. The Bertz CT molecular complexity index is 415. The maximum atomic E-state index is 4.00. The summed E-state index contributed by atoms with van der Waals surface area (Å²) >= 11 is 0. The molecule has 0 spiro atoms. The molecule has 1 aromatic rings. The van der Waals surface area contributed by atoms with Gasteiger partial charge in [0, 0.05) is 18.9 Å². The highest BCUT2D eigenvalue weighted by Gasteiger charge is 2.16. The number of aromatic nitrogens is 2. The Morgan fingerprint density at radius 3 is 2.92 bits per heavy atom. The van der Waals surface area contributed by atoms with E-state index in [0.717, 1.165) is 6.54 Å². The molecule has 0 fully saturated rings. The Morgan fingerprint density at radius 2 is 2.33 bits per heavy atom. The molecular weight excluding hydrogens is 148 g/mol. The summed E-state index contributed by atoms with van der Waals surface area (Å²) in [4.78, 5) is 4.00. The molecule has 0 bridgehead atoms. The van der Waals surface area contributed by atoms with Crippen LogP contribution in [0.2, 0.25) is 0 Å². The predicted octanol–water partition coefficient (Wildman–Crippen LogP) is 1.91. The summed E-state index contributed by atoms with van der Waals surface area (Å²) < 4.78 is 2.09. The molecule has 12 heavy (non-hydrogen) atoms. The zero-order chi connectivity index (χ0) is 7.97. The van der Waals surface area contributed by atoms with Gasteiger partial charge in [0.05, 0.1) is 6.33 Å². The third kappa shape index (κ3) is 0.780. The Hall–Kier alpha value is -1.57. The fraction of sp³-hybridized carbons (Fsp3) is 0.100. The van der Waals surface area contributed by atoms with E-state index in [4.69, 9.17) is 0 Å². The van der Waals surface area contributed by atoms with Crippen LogP contribution in [0.3, 0.4) is 0 Å². The van der Waals surface area contributed by atoms with Crippen molar-refractivity contribution in [2.75, 3.05) is 0 Å². The topological polar surface area (TPSA) is 17.8 Å². The highest BCUT2D eigenvalue weighted by atomic mass is 15.0. The molecule has 0 saturated heterocycles. The molecule has 0 atom stereocenters. The summed E-state index contributed by atoms with van der Waals surface area (Å²) in [5.41, 5.74) is 4.25. The van der Waals surface area contributed by atoms with Crippen LogP contribution in [-0.2, 0) is 6.54 Å². The van der Waals surface area contributed by atoms with Crippen molar-refractivity contribution in [2.45, 2.75) is 6.54 Å². The van der Waals surface area contributed by atoms with Crippen LogP contribution >= 0.6 is 0 Å². The lowest BCUT2D eigenvalue weighted by Gasteiger charge is -1.98. The molecule has 0 amide bonds. The van der Waals surface area contributed by atoms with Gasteiger partial charge in [-0.05, 0) is 22.8 Å². The summed E-state index contributed by atoms with van der Waals surface area (Å²) in [7, 11) is 0. The van der Waals surface area contributed by atoms with Crippen LogP contribution in [-0.4, -0.2) is 9.55 Å². The van der Waals surface area contributed by atoms with E-state index in [0.29, 0.717) is 0 Å². The van der Waals surface area contributed by atoms with Crippen LogP contribution in [0.25, 0.3) is 11.1 Å². The SMILES string of the molecule is c1cn(Cc2ccc3cc2-3)cn1. The van der Waals surface area contributed by atoms with Gasteiger partial charge in [-0.3, -0.25) is 0 Å². The second-order valence-corrected chi connectivity index (χ2v) is 3.11. The Balaban J connectivity index is 1.90. The van der Waals surface area contributed by atoms with E-state index in [1.165, 1.54) is 16.7 Å². The van der Waals surface area contributed by atoms with E-state index in [2.05, 4.69) is 27.8 Å². The molecule has 0 saturated carbocycles. The molecule has 3 rings (SSSR count). The first-order chi connectivity index (χ1) is 5.93. The van der Waals surface area contributed by atoms with Crippen molar-refractivity contribution in [3.8, 4) is 11.1 Å². The molecule has 2 aliphatic carbocycles. The molecule has 2 nitrogen and oxygen atoms in total. The first-order valence-corrected chi connectivity index (χ1v) is 4.02. The summed E-state index contributed by atoms with van der Waals surface area (Å²) in [6.45, 7) is 0.950. The molecule has 0 radical (unpaired) electrons. The van der Waals surface area contributed by atoms with E-state index in [-0.39, 0.29) is 0 Å². The molecule has 0 N–H and O–H groups in total. The number of benzene rings is 1. The maximum Gasteiger partial charge on any atom is 0.0949 e. The fourth-order valence-corrected chi connectivity index (χ4v) is 1.53. The van der Waals surface area contributed by atoms with Crippen molar-refractivity contribution in [1.29, 1.82) is 0 Å². The highest BCUT2D eigenvalue weighted by Crippen LogP contribution is 2.38. The van der Waals surface area contributed by atoms with Crippen molar-refractivity contribution in [3.63, 3.8) is 0 Å². The van der Waals surface area contributed by atoms with E-state index < -0.39 is 0 Å². The molecule has 2 aliphatic rings. The van der Waals surface area contributed by atoms with Crippen LogP contribution in [0.5, 0.6) is 0 Å². The standard InChI is InChI=1S/C10H8N2/c1-2-9(10-5-8(1)10)6-12-4-3-11-7-12/h1-5,7H,6H2. The van der Waals surface area contributed by atoms with E-state index in [1.54, 1.807) is 0 Å². The lowest BCUT2D eigenvalue weighted by molar-refractivity contribution is 0.802. The molecule has 1 aromatic heterocycles. The largest absolute Gasteiger partial charge is 0.333 e. The van der Waals surface area contributed by atoms with Crippen molar-refractivity contribution in [1.82, 2.24) is 9.55 Å². The number of fused-ring (bicyclic) bond motifs is 1. The number of hydrogen-bond acceptors (Lipinski definition) is 1. The van der Waals surface area contributed by atoms with Gasteiger partial charge in [-0.2, -0.15) is 0 Å². The Morgan fingerprint density at radius 1 is 1.33 bits per heavy atom. The van der Waals surface area contributed by atoms with Crippen LogP contribution in [0, 0.1) is 0 Å². The summed E-state index contributed by atoms with van der Waals surface area (Å²) in [5, 5.41) is 0. The quantitative estimate of drug-likeness (QED) is 0.554. The molecular formula is C10H8N2. The van der Waals surface area contributed by atoms with Gasteiger partial charge in [0.25, 0.3) is 0 Å². The highest BCUT2D eigenvalue weighted by molar-refractivity contribution is 5.84. The normalized spacial score (nSPS) is 11.7. The van der Waals surface area contributed by atoms with E-state index in [1.807, 2.05) is 18.7 Å². The predicted molar refractivity (Wildman–Crippen MR) is 46.8 cm³/mol. The third-order valence-electron chi connectivity index (χ3n) is 2.25. The van der Waals surface area contributed by atoms with Crippen molar-refractivity contribution in [2.24, 2.45) is 0 Å². The monoisotopic (exact) mass is 156 g/mol. The second kappa shape index (κ2) is 1.97. The molecule has 0 aliphatic heterocycles. The van der Waals surface area contributed by atoms with Gasteiger partial charge in [0.2, 0.25) is 0 Å². The smallest absolute Gasteiger partial charge is 0.0949 e. The summed E-state index contributed by atoms with van der Waals surface area (Å²) in [6.07, 6.45) is 5.65. The number of imidazole rings is 1. The number of rotatable bonds is 2. The molecule has 58 valence electrons. The molecule has 1 heterocycles. The van der Waals surface area contributed by atoms with Crippen molar-refractivity contribution in [3.05, 3.63) is 42.5 Å². The van der Waals surface area contributed by atoms with Gasteiger partial charge in [-0.15, -0.1) is 0 Å². The average molecular weight is 156 g/mol. The van der Waals surface area contributed by atoms with Gasteiger partial charge in [-0.25, -0.2) is 4.98 Å². The van der Waals surface area contributed by atoms with Crippen molar-refractivity contribution < 1.29 is 0 Å². The molecule has 2 heteroatoms. The minimum absolute atomic E-state index is 0.950. The first-order valence-electron chi connectivity index (χ1n) is 4.02. The lowest BCUT2D eigenvalue weighted by atomic mass is 10.3. The van der Waals surface area contributed by atoms with Gasteiger partial charge in [0.15, 0.2) is 0 Å². The summed E-state index contributed by atoms with van der Waals surface area (Å²) in [5.74, 6) is 0. The molecule has 0 unspecified atom stereocenters. The first kappa shape index (κ1) is 6.00. The van der Waals surface area contributed by atoms with E-state index >= 15 is 0 Å². The van der Waals surface area contributed by atoms with Gasteiger partial charge in [-0.1, -0.05) is 12.1 Å². The zero-order valence-corrected chi connectivity index (χ0v) is 6.57. The van der Waals surface area contributed by atoms with Crippen LogP contribution in [0.1, 0.15) is 5.56 Å². The minimum atomic E-state index is 0.950. The fourth-order valence-electron chi connectivity index (χ4n) is 1.53. The second-order valence-electron chi connectivity index (χ2n) is 3.11. The van der Waals surface area contributed by atoms with Crippen LogP contribution in [0.15, 0.2) is 36.9 Å². The van der Waals surface area contributed by atoms with Crippen LogP contribution < -0.4 is 0 Å². The Kier molecular flexibility index (Phi) is 0.987. The zero-order valence-electron chi connectivity index (χ0n) is 6.57. The Labute approximate surface area is 70.5 Å². The maximum absolute atomic E-state index is 4.00.